The van der Waals surface area contributed by atoms with Crippen LogP contribution < -0.4 is 5.32 Å². The standard InChI is InChI=1S/C17H34N4O2/c1-3-19-7-9-20(10-8-19)12-15(2)11-18-17(23)21-6-4-5-16(13-21)14-22/h15-16,22H,3-14H2,1-2H3,(H,18,23). The minimum Gasteiger partial charge on any atom is -0.396 e. The summed E-state index contributed by atoms with van der Waals surface area (Å²) < 4.78 is 0. The Morgan fingerprint density at radius 1 is 1.22 bits per heavy atom. The molecule has 0 aromatic carbocycles. The summed E-state index contributed by atoms with van der Waals surface area (Å²) in [4.78, 5) is 19.1. The van der Waals surface area contributed by atoms with Crippen molar-refractivity contribution in [3.63, 3.8) is 0 Å². The molecule has 2 heterocycles. The van der Waals surface area contributed by atoms with Crippen molar-refractivity contribution in [1.29, 1.82) is 0 Å². The molecular weight excluding hydrogens is 292 g/mol. The average Bonchev–Trinajstić information content (AvgIpc) is 2.60. The van der Waals surface area contributed by atoms with E-state index in [1.165, 1.54) is 0 Å². The van der Waals surface area contributed by atoms with Gasteiger partial charge in [0.1, 0.15) is 0 Å². The zero-order chi connectivity index (χ0) is 16.7. The van der Waals surface area contributed by atoms with Crippen LogP contribution in [0.2, 0.25) is 0 Å². The summed E-state index contributed by atoms with van der Waals surface area (Å²) in [6, 6.07) is 0.0332. The number of aliphatic hydroxyl groups excluding tert-OH is 1. The number of aliphatic hydroxyl groups is 1. The van der Waals surface area contributed by atoms with E-state index in [1.54, 1.807) is 0 Å². The van der Waals surface area contributed by atoms with E-state index in [0.29, 0.717) is 12.5 Å². The molecule has 2 unspecified atom stereocenters. The molecule has 6 heteroatoms. The van der Waals surface area contributed by atoms with Crippen LogP contribution in [0.1, 0.15) is 26.7 Å². The number of piperidine rings is 1. The molecule has 0 saturated carbocycles. The van der Waals surface area contributed by atoms with Gasteiger partial charge in [-0.2, -0.15) is 0 Å². The average molecular weight is 326 g/mol. The molecule has 2 aliphatic heterocycles. The minimum atomic E-state index is 0.0332. The van der Waals surface area contributed by atoms with Crippen LogP contribution in [0.15, 0.2) is 0 Å². The Kier molecular flexibility index (Phi) is 7.59. The van der Waals surface area contributed by atoms with E-state index in [1.807, 2.05) is 4.90 Å². The zero-order valence-corrected chi connectivity index (χ0v) is 14.8. The van der Waals surface area contributed by atoms with E-state index in [0.717, 1.165) is 65.2 Å². The van der Waals surface area contributed by atoms with E-state index in [-0.39, 0.29) is 18.6 Å². The van der Waals surface area contributed by atoms with Crippen LogP contribution in [0.25, 0.3) is 0 Å². The molecule has 2 fully saturated rings. The van der Waals surface area contributed by atoms with E-state index >= 15 is 0 Å². The first kappa shape index (κ1) is 18.5. The number of carbonyl (C=O) groups is 1. The quantitative estimate of drug-likeness (QED) is 0.753. The van der Waals surface area contributed by atoms with Crippen LogP contribution in [0, 0.1) is 11.8 Å². The van der Waals surface area contributed by atoms with Crippen LogP contribution in [0.5, 0.6) is 0 Å². The smallest absolute Gasteiger partial charge is 0.317 e. The number of likely N-dealkylation sites (N-methyl/N-ethyl adjacent to an activating group) is 1. The van der Waals surface area contributed by atoms with Crippen molar-refractivity contribution in [3.05, 3.63) is 0 Å². The number of hydrogen-bond acceptors (Lipinski definition) is 4. The first-order valence-corrected chi connectivity index (χ1v) is 9.20. The lowest BCUT2D eigenvalue weighted by Crippen LogP contribution is -2.49. The fourth-order valence-electron chi connectivity index (χ4n) is 3.57. The van der Waals surface area contributed by atoms with Crippen molar-refractivity contribution in [2.75, 3.05) is 65.5 Å². The second kappa shape index (κ2) is 9.45. The maximum Gasteiger partial charge on any atom is 0.317 e. The number of piperazine rings is 1. The lowest BCUT2D eigenvalue weighted by Gasteiger charge is -2.35. The van der Waals surface area contributed by atoms with Gasteiger partial charge in [0.15, 0.2) is 0 Å². The number of amides is 2. The Hall–Kier alpha value is -0.850. The van der Waals surface area contributed by atoms with Crippen molar-refractivity contribution in [2.24, 2.45) is 11.8 Å². The third kappa shape index (κ3) is 5.94. The molecule has 0 spiro atoms. The Bertz CT molecular complexity index is 359. The predicted octanol–water partition coefficient (Wildman–Crippen LogP) is 0.674. The molecule has 0 aliphatic carbocycles. The summed E-state index contributed by atoms with van der Waals surface area (Å²) in [5, 5.41) is 12.3. The van der Waals surface area contributed by atoms with Crippen LogP contribution in [0.3, 0.4) is 0 Å². The molecule has 0 radical (unpaired) electrons. The number of rotatable bonds is 6. The number of nitrogens with zero attached hydrogens (tertiary/aromatic N) is 3. The topological polar surface area (TPSA) is 59.0 Å². The Balaban J connectivity index is 1.64. The summed E-state index contributed by atoms with van der Waals surface area (Å²) in [5.41, 5.74) is 0. The van der Waals surface area contributed by atoms with Gasteiger partial charge < -0.3 is 25.1 Å². The van der Waals surface area contributed by atoms with Gasteiger partial charge >= 0.3 is 6.03 Å². The minimum absolute atomic E-state index is 0.0332. The summed E-state index contributed by atoms with van der Waals surface area (Å²) in [7, 11) is 0. The number of urea groups is 1. The number of hydrogen-bond donors (Lipinski definition) is 2. The normalized spacial score (nSPS) is 25.3. The van der Waals surface area contributed by atoms with Gasteiger partial charge in [-0.15, -0.1) is 0 Å². The van der Waals surface area contributed by atoms with Gasteiger partial charge in [0.2, 0.25) is 0 Å². The van der Waals surface area contributed by atoms with Gasteiger partial charge in [-0.05, 0) is 31.2 Å². The van der Waals surface area contributed by atoms with Crippen molar-refractivity contribution in [2.45, 2.75) is 26.7 Å². The van der Waals surface area contributed by atoms with Crippen LogP contribution in [0.4, 0.5) is 4.79 Å². The van der Waals surface area contributed by atoms with Gasteiger partial charge in [-0.3, -0.25) is 0 Å². The summed E-state index contributed by atoms with van der Waals surface area (Å²) in [5.74, 6) is 0.715. The monoisotopic (exact) mass is 326 g/mol. The van der Waals surface area contributed by atoms with Gasteiger partial charge in [0.05, 0.1) is 0 Å². The molecule has 2 rings (SSSR count). The van der Waals surface area contributed by atoms with Crippen molar-refractivity contribution >= 4 is 6.03 Å². The molecule has 0 bridgehead atoms. The highest BCUT2D eigenvalue weighted by atomic mass is 16.3. The molecule has 23 heavy (non-hydrogen) atoms. The maximum atomic E-state index is 12.3. The summed E-state index contributed by atoms with van der Waals surface area (Å²) in [6.45, 7) is 13.6. The molecule has 0 aromatic heterocycles. The van der Waals surface area contributed by atoms with E-state index in [4.69, 9.17) is 0 Å². The van der Waals surface area contributed by atoms with Gasteiger partial charge in [-0.25, -0.2) is 4.79 Å². The zero-order valence-electron chi connectivity index (χ0n) is 14.8. The maximum absolute atomic E-state index is 12.3. The van der Waals surface area contributed by atoms with Crippen LogP contribution in [-0.2, 0) is 0 Å². The predicted molar refractivity (Wildman–Crippen MR) is 92.5 cm³/mol. The molecule has 6 nitrogen and oxygen atoms in total. The first-order chi connectivity index (χ1) is 11.1. The molecule has 2 atom stereocenters. The van der Waals surface area contributed by atoms with Crippen LogP contribution in [-0.4, -0.2) is 91.3 Å². The summed E-state index contributed by atoms with van der Waals surface area (Å²) >= 11 is 0. The fourth-order valence-corrected chi connectivity index (χ4v) is 3.57. The van der Waals surface area contributed by atoms with E-state index in [2.05, 4.69) is 29.0 Å². The third-order valence-electron chi connectivity index (χ3n) is 5.15. The Labute approximate surface area is 140 Å². The molecular formula is C17H34N4O2. The largest absolute Gasteiger partial charge is 0.396 e. The van der Waals surface area contributed by atoms with Gasteiger partial charge in [-0.1, -0.05) is 13.8 Å². The molecule has 2 saturated heterocycles. The second-order valence-corrected chi connectivity index (χ2v) is 7.16. The number of carbonyl (C=O) groups excluding carboxylic acids is 1. The van der Waals surface area contributed by atoms with Crippen molar-refractivity contribution < 1.29 is 9.90 Å². The second-order valence-electron chi connectivity index (χ2n) is 7.16. The van der Waals surface area contributed by atoms with Crippen molar-refractivity contribution in [1.82, 2.24) is 20.0 Å². The number of likely N-dealkylation sites (tertiary alicyclic amines) is 1. The summed E-state index contributed by atoms with van der Waals surface area (Å²) in [6.07, 6.45) is 2.02. The lowest BCUT2D eigenvalue weighted by atomic mass is 9.99. The van der Waals surface area contributed by atoms with Gasteiger partial charge in [0, 0.05) is 59.0 Å². The lowest BCUT2D eigenvalue weighted by molar-refractivity contribution is 0.119. The Morgan fingerprint density at radius 3 is 2.57 bits per heavy atom. The molecule has 0 aromatic rings. The van der Waals surface area contributed by atoms with Gasteiger partial charge in [0.25, 0.3) is 0 Å². The Morgan fingerprint density at radius 2 is 1.91 bits per heavy atom. The van der Waals surface area contributed by atoms with Crippen LogP contribution >= 0.6 is 0 Å². The third-order valence-corrected chi connectivity index (χ3v) is 5.15. The van der Waals surface area contributed by atoms with E-state index in [9.17, 15) is 9.90 Å². The highest BCUT2D eigenvalue weighted by Crippen LogP contribution is 2.15. The fraction of sp³-hybridized carbons (Fsp3) is 0.941. The number of nitrogens with one attached hydrogen (secondary N) is 1. The molecule has 2 amide bonds. The molecule has 134 valence electrons. The SMILES string of the molecule is CCN1CCN(CC(C)CNC(=O)N2CCCC(CO)C2)CC1. The van der Waals surface area contributed by atoms with Crippen molar-refractivity contribution in [3.8, 4) is 0 Å². The van der Waals surface area contributed by atoms with E-state index < -0.39 is 0 Å². The highest BCUT2D eigenvalue weighted by Gasteiger charge is 2.23. The first-order valence-electron chi connectivity index (χ1n) is 9.20. The molecule has 2 N–H and O–H groups in total. The molecule has 2 aliphatic rings. The highest BCUT2D eigenvalue weighted by molar-refractivity contribution is 5.74.